The van der Waals surface area contributed by atoms with Crippen molar-refractivity contribution in [2.24, 2.45) is 0 Å². The molecule has 34 heavy (non-hydrogen) atoms. The molecule has 0 amide bonds. The van der Waals surface area contributed by atoms with E-state index in [1.807, 2.05) is 48.5 Å². The van der Waals surface area contributed by atoms with Crippen molar-refractivity contribution >= 4 is 35.8 Å². The number of aldehydes is 1. The Morgan fingerprint density at radius 2 is 1.74 bits per heavy atom. The molecule has 4 aromatic rings. The molecule has 0 spiro atoms. The van der Waals surface area contributed by atoms with Crippen LogP contribution in [0.5, 0.6) is 0 Å². The van der Waals surface area contributed by atoms with Gasteiger partial charge in [0.25, 0.3) is 0 Å². The van der Waals surface area contributed by atoms with Crippen LogP contribution >= 0.6 is 11.8 Å². The van der Waals surface area contributed by atoms with Crippen LogP contribution in [0.3, 0.4) is 0 Å². The van der Waals surface area contributed by atoms with Crippen LogP contribution in [-0.4, -0.2) is 69.6 Å². The first-order valence-corrected chi connectivity index (χ1v) is 11.8. The Morgan fingerprint density at radius 1 is 0.971 bits per heavy atom. The van der Waals surface area contributed by atoms with Gasteiger partial charge in [-0.25, -0.2) is 0 Å². The Hall–Kier alpha value is -3.76. The van der Waals surface area contributed by atoms with E-state index in [0.29, 0.717) is 28.4 Å². The lowest BCUT2D eigenvalue weighted by Gasteiger charge is -2.32. The van der Waals surface area contributed by atoms with Crippen molar-refractivity contribution in [2.45, 2.75) is 10.1 Å². The van der Waals surface area contributed by atoms with Crippen molar-refractivity contribution in [1.29, 1.82) is 0 Å². The molecule has 0 bridgehead atoms. The number of carbonyl (C=O) groups excluding carboxylic acids is 1. The minimum absolute atomic E-state index is 0.432. The van der Waals surface area contributed by atoms with Gasteiger partial charge in [-0.3, -0.25) is 9.89 Å². The highest BCUT2D eigenvalue weighted by Gasteiger charge is 2.19. The molecule has 9 nitrogen and oxygen atoms in total. The molecule has 10 heteroatoms. The third-order valence-electron chi connectivity index (χ3n) is 5.52. The molecular formula is C24H24N8OS. The first-order valence-electron chi connectivity index (χ1n) is 11.0. The largest absolute Gasteiger partial charge is 0.338 e. The lowest BCUT2D eigenvalue weighted by molar-refractivity contribution is 0.112. The third-order valence-corrected chi connectivity index (χ3v) is 6.39. The number of likely N-dealkylation sites (N-methyl/N-ethyl adjacent to an activating group) is 1. The summed E-state index contributed by atoms with van der Waals surface area (Å²) in [5, 5.41) is 11.2. The Kier molecular flexibility index (Phi) is 6.50. The number of aromatic nitrogens is 5. The van der Waals surface area contributed by atoms with Gasteiger partial charge in [-0.05, 0) is 36.5 Å². The summed E-state index contributed by atoms with van der Waals surface area (Å²) in [5.41, 5.74) is 2.58. The standard InChI is InChI=1S/C24H24N8OS/c1-31-11-13-32(14-12-31)23-26-22(25-21-15-20(29-30-21)18-5-3-2-4-6-18)27-24(28-23)34-19-9-7-17(16-33)8-10-19/h2-10,15-16H,11-14H2,1H3,(H2,25,26,27,28,29,30). The molecule has 2 aromatic carbocycles. The number of nitrogens with zero attached hydrogens (tertiary/aromatic N) is 6. The Bertz CT molecular complexity index is 1250. The van der Waals surface area contributed by atoms with Crippen molar-refractivity contribution in [3.05, 3.63) is 66.2 Å². The fourth-order valence-electron chi connectivity index (χ4n) is 3.58. The van der Waals surface area contributed by atoms with E-state index in [-0.39, 0.29) is 0 Å². The zero-order valence-electron chi connectivity index (χ0n) is 18.7. The van der Waals surface area contributed by atoms with Crippen molar-refractivity contribution in [3.8, 4) is 11.3 Å². The predicted molar refractivity (Wildman–Crippen MR) is 133 cm³/mol. The van der Waals surface area contributed by atoms with Crippen molar-refractivity contribution < 1.29 is 4.79 Å². The summed E-state index contributed by atoms with van der Waals surface area (Å²) in [6.07, 6.45) is 0.832. The van der Waals surface area contributed by atoms with E-state index in [1.54, 1.807) is 12.1 Å². The van der Waals surface area contributed by atoms with E-state index in [0.717, 1.165) is 48.6 Å². The van der Waals surface area contributed by atoms with Gasteiger partial charge in [-0.15, -0.1) is 0 Å². The average molecular weight is 473 g/mol. The van der Waals surface area contributed by atoms with E-state index in [2.05, 4.69) is 42.3 Å². The lowest BCUT2D eigenvalue weighted by atomic mass is 10.2. The molecule has 1 aliphatic rings. The minimum Gasteiger partial charge on any atom is -0.338 e. The minimum atomic E-state index is 0.432. The SMILES string of the molecule is CN1CCN(c2nc(Nc3cc(-c4ccccc4)[nH]n3)nc(Sc3ccc(C=O)cc3)n2)CC1. The second-order valence-corrected chi connectivity index (χ2v) is 9.02. The first-order chi connectivity index (χ1) is 16.7. The number of H-pyrrole nitrogens is 1. The molecule has 0 aliphatic carbocycles. The molecule has 2 N–H and O–H groups in total. The lowest BCUT2D eigenvalue weighted by Crippen LogP contribution is -2.45. The Morgan fingerprint density at radius 3 is 2.47 bits per heavy atom. The van der Waals surface area contributed by atoms with Crippen LogP contribution in [0.15, 0.2) is 70.7 Å². The van der Waals surface area contributed by atoms with Gasteiger partial charge in [-0.1, -0.05) is 42.5 Å². The number of aromatic amines is 1. The number of benzene rings is 2. The van der Waals surface area contributed by atoms with E-state index >= 15 is 0 Å². The quantitative estimate of drug-likeness (QED) is 0.390. The molecule has 2 aromatic heterocycles. The Balaban J connectivity index is 1.42. The Labute approximate surface area is 201 Å². The summed E-state index contributed by atoms with van der Waals surface area (Å²) in [5.74, 6) is 1.69. The van der Waals surface area contributed by atoms with Crippen molar-refractivity contribution in [2.75, 3.05) is 43.4 Å². The van der Waals surface area contributed by atoms with Crippen molar-refractivity contribution in [3.63, 3.8) is 0 Å². The molecular weight excluding hydrogens is 448 g/mol. The topological polar surface area (TPSA) is 103 Å². The molecule has 0 unspecified atom stereocenters. The second kappa shape index (κ2) is 10.0. The zero-order valence-corrected chi connectivity index (χ0v) is 19.5. The number of hydrogen-bond acceptors (Lipinski definition) is 9. The fourth-order valence-corrected chi connectivity index (χ4v) is 4.32. The van der Waals surface area contributed by atoms with E-state index in [9.17, 15) is 4.79 Å². The van der Waals surface area contributed by atoms with E-state index in [1.165, 1.54) is 11.8 Å². The van der Waals surface area contributed by atoms with Gasteiger partial charge in [0, 0.05) is 42.7 Å². The van der Waals surface area contributed by atoms with Gasteiger partial charge in [-0.2, -0.15) is 20.1 Å². The number of hydrogen-bond donors (Lipinski definition) is 2. The maximum atomic E-state index is 11.0. The first kappa shape index (κ1) is 22.1. The monoisotopic (exact) mass is 472 g/mol. The summed E-state index contributed by atoms with van der Waals surface area (Å²) >= 11 is 1.43. The molecule has 1 aliphatic heterocycles. The smallest absolute Gasteiger partial charge is 0.234 e. The normalized spacial score (nSPS) is 14.2. The summed E-state index contributed by atoms with van der Waals surface area (Å²) in [4.78, 5) is 30.4. The molecule has 0 radical (unpaired) electrons. The van der Waals surface area contributed by atoms with Gasteiger partial charge in [0.2, 0.25) is 11.9 Å². The predicted octanol–water partition coefficient (Wildman–Crippen LogP) is 3.72. The molecule has 0 atom stereocenters. The fraction of sp³-hybridized carbons (Fsp3) is 0.208. The number of anilines is 3. The number of nitrogens with one attached hydrogen (secondary N) is 2. The van der Waals surface area contributed by atoms with Crippen molar-refractivity contribution in [1.82, 2.24) is 30.0 Å². The summed E-state index contributed by atoms with van der Waals surface area (Å²) < 4.78 is 0. The number of piperazine rings is 1. The van der Waals surface area contributed by atoms with Crippen LogP contribution in [-0.2, 0) is 0 Å². The van der Waals surface area contributed by atoms with Gasteiger partial charge in [0.05, 0.1) is 5.69 Å². The van der Waals surface area contributed by atoms with Gasteiger partial charge in [0.1, 0.15) is 6.29 Å². The van der Waals surface area contributed by atoms with E-state index < -0.39 is 0 Å². The van der Waals surface area contributed by atoms with Gasteiger partial charge >= 0.3 is 0 Å². The molecule has 1 fully saturated rings. The highest BCUT2D eigenvalue weighted by Crippen LogP contribution is 2.28. The molecule has 0 saturated carbocycles. The zero-order chi connectivity index (χ0) is 23.3. The summed E-state index contributed by atoms with van der Waals surface area (Å²) in [6.45, 7) is 3.59. The van der Waals surface area contributed by atoms with Crippen LogP contribution in [0, 0.1) is 0 Å². The maximum Gasteiger partial charge on any atom is 0.234 e. The highest BCUT2D eigenvalue weighted by molar-refractivity contribution is 7.99. The van der Waals surface area contributed by atoms with Crippen LogP contribution in [0.1, 0.15) is 10.4 Å². The number of rotatable bonds is 7. The molecule has 3 heterocycles. The average Bonchev–Trinajstić information content (AvgIpc) is 3.34. The van der Waals surface area contributed by atoms with Crippen LogP contribution in [0.25, 0.3) is 11.3 Å². The van der Waals surface area contributed by atoms with Gasteiger partial charge < -0.3 is 15.1 Å². The van der Waals surface area contributed by atoms with Gasteiger partial charge in [0.15, 0.2) is 11.0 Å². The highest BCUT2D eigenvalue weighted by atomic mass is 32.2. The number of carbonyl (C=O) groups is 1. The van der Waals surface area contributed by atoms with Crippen LogP contribution < -0.4 is 10.2 Å². The summed E-state index contributed by atoms with van der Waals surface area (Å²) in [7, 11) is 2.11. The second-order valence-electron chi connectivity index (χ2n) is 7.98. The maximum absolute atomic E-state index is 11.0. The van der Waals surface area contributed by atoms with Crippen LogP contribution in [0.2, 0.25) is 0 Å². The molecule has 5 rings (SSSR count). The van der Waals surface area contributed by atoms with Crippen LogP contribution in [0.4, 0.5) is 17.7 Å². The molecule has 1 saturated heterocycles. The third kappa shape index (κ3) is 5.24. The molecule has 172 valence electrons. The summed E-state index contributed by atoms with van der Waals surface area (Å²) in [6, 6.07) is 19.3. The van der Waals surface area contributed by atoms with E-state index in [4.69, 9.17) is 4.98 Å².